The van der Waals surface area contributed by atoms with Gasteiger partial charge in [0.2, 0.25) is 5.91 Å². The number of aryl methyl sites for hydroxylation is 1. The lowest BCUT2D eigenvalue weighted by Crippen LogP contribution is -2.42. The maximum atomic E-state index is 12.3. The van der Waals surface area contributed by atoms with Gasteiger partial charge in [-0.1, -0.05) is 13.0 Å². The second-order valence-corrected chi connectivity index (χ2v) is 5.96. The van der Waals surface area contributed by atoms with E-state index in [1.807, 2.05) is 17.9 Å². The molecule has 1 heterocycles. The number of anilines is 1. The Hall–Kier alpha value is -2.04. The molecule has 2 rings (SSSR count). The number of nitrogens with one attached hydrogen (secondary N) is 1. The summed E-state index contributed by atoms with van der Waals surface area (Å²) in [5.74, 6) is 0.302. The van der Waals surface area contributed by atoms with E-state index in [9.17, 15) is 9.59 Å². The van der Waals surface area contributed by atoms with Gasteiger partial charge in [0.1, 0.15) is 0 Å². The van der Waals surface area contributed by atoms with Gasteiger partial charge in [-0.05, 0) is 43.4 Å². The molecule has 1 N–H and O–H groups in total. The van der Waals surface area contributed by atoms with Gasteiger partial charge in [0.05, 0.1) is 19.2 Å². The molecule has 0 radical (unpaired) electrons. The van der Waals surface area contributed by atoms with Gasteiger partial charge in [-0.25, -0.2) is 4.79 Å². The predicted molar refractivity (Wildman–Crippen MR) is 86.0 cm³/mol. The first kappa shape index (κ1) is 16.3. The molecule has 0 aliphatic carbocycles. The number of carbonyl (C=O) groups is 2. The van der Waals surface area contributed by atoms with E-state index < -0.39 is 0 Å². The minimum Gasteiger partial charge on any atom is -0.465 e. The maximum Gasteiger partial charge on any atom is 0.337 e. The molecule has 1 aromatic carbocycles. The van der Waals surface area contributed by atoms with E-state index in [1.54, 1.807) is 12.1 Å². The highest BCUT2D eigenvalue weighted by Gasteiger charge is 2.20. The summed E-state index contributed by atoms with van der Waals surface area (Å²) in [4.78, 5) is 25.8. The van der Waals surface area contributed by atoms with Gasteiger partial charge < -0.3 is 15.0 Å². The van der Waals surface area contributed by atoms with Crippen LogP contribution in [0.15, 0.2) is 18.2 Å². The van der Waals surface area contributed by atoms with Crippen molar-refractivity contribution in [1.29, 1.82) is 0 Å². The molecule has 0 saturated carbocycles. The van der Waals surface area contributed by atoms with Crippen LogP contribution in [0.5, 0.6) is 0 Å². The van der Waals surface area contributed by atoms with Crippen molar-refractivity contribution in [3.63, 3.8) is 0 Å². The van der Waals surface area contributed by atoms with E-state index in [-0.39, 0.29) is 18.4 Å². The van der Waals surface area contributed by atoms with E-state index in [1.165, 1.54) is 13.5 Å². The summed E-state index contributed by atoms with van der Waals surface area (Å²) in [6.45, 7) is 6.04. The highest BCUT2D eigenvalue weighted by Crippen LogP contribution is 2.19. The van der Waals surface area contributed by atoms with E-state index in [0.29, 0.717) is 11.5 Å². The van der Waals surface area contributed by atoms with Gasteiger partial charge in [0, 0.05) is 18.8 Å². The van der Waals surface area contributed by atoms with Crippen LogP contribution in [-0.2, 0) is 9.53 Å². The monoisotopic (exact) mass is 304 g/mol. The molecular weight excluding hydrogens is 280 g/mol. The van der Waals surface area contributed by atoms with Crippen molar-refractivity contribution in [1.82, 2.24) is 4.90 Å². The number of ether oxygens (including phenoxy) is 1. The Kier molecular flexibility index (Phi) is 5.41. The molecule has 1 atom stereocenters. The molecule has 5 heteroatoms. The van der Waals surface area contributed by atoms with Crippen LogP contribution < -0.4 is 5.32 Å². The Morgan fingerprint density at radius 1 is 1.41 bits per heavy atom. The van der Waals surface area contributed by atoms with Crippen molar-refractivity contribution < 1.29 is 14.3 Å². The fourth-order valence-electron chi connectivity index (χ4n) is 2.76. The Bertz CT molecular complexity index is 557. The SMILES string of the molecule is COC(=O)c1ccc(C)c(NCC(=O)N2CCC[C@H](C)C2)c1. The highest BCUT2D eigenvalue weighted by atomic mass is 16.5. The number of rotatable bonds is 4. The second-order valence-electron chi connectivity index (χ2n) is 5.96. The number of benzene rings is 1. The third-order valence-corrected chi connectivity index (χ3v) is 4.10. The van der Waals surface area contributed by atoms with Gasteiger partial charge in [-0.3, -0.25) is 4.79 Å². The third-order valence-electron chi connectivity index (χ3n) is 4.10. The molecule has 1 saturated heterocycles. The summed E-state index contributed by atoms with van der Waals surface area (Å²) in [5.41, 5.74) is 2.27. The Balaban J connectivity index is 1.98. The first-order valence-corrected chi connectivity index (χ1v) is 7.72. The molecule has 22 heavy (non-hydrogen) atoms. The van der Waals surface area contributed by atoms with Crippen LogP contribution in [0.4, 0.5) is 5.69 Å². The minimum atomic E-state index is -0.376. The number of nitrogens with zero attached hydrogens (tertiary/aromatic N) is 1. The molecule has 0 aromatic heterocycles. The average Bonchev–Trinajstić information content (AvgIpc) is 2.53. The van der Waals surface area contributed by atoms with Gasteiger partial charge in [-0.2, -0.15) is 0 Å². The first-order chi connectivity index (χ1) is 10.5. The average molecular weight is 304 g/mol. The standard InChI is InChI=1S/C17H24N2O3/c1-12-5-4-8-19(11-12)16(20)10-18-15-9-14(17(21)22-3)7-6-13(15)2/h6-7,9,12,18H,4-5,8,10-11H2,1-3H3/t12-/m0/s1. The lowest BCUT2D eigenvalue weighted by molar-refractivity contribution is -0.130. The Labute approximate surface area is 131 Å². The Morgan fingerprint density at radius 3 is 2.86 bits per heavy atom. The van der Waals surface area contributed by atoms with Crippen LogP contribution in [0.2, 0.25) is 0 Å². The molecule has 1 aromatic rings. The summed E-state index contributed by atoms with van der Waals surface area (Å²) >= 11 is 0. The van der Waals surface area contributed by atoms with Crippen LogP contribution in [0.25, 0.3) is 0 Å². The molecule has 0 spiro atoms. The quantitative estimate of drug-likeness (QED) is 0.868. The van der Waals surface area contributed by atoms with Crippen LogP contribution in [0, 0.1) is 12.8 Å². The number of esters is 1. The minimum absolute atomic E-state index is 0.106. The fraction of sp³-hybridized carbons (Fsp3) is 0.529. The molecule has 1 aliphatic heterocycles. The van der Waals surface area contributed by atoms with Crippen molar-refractivity contribution in [2.24, 2.45) is 5.92 Å². The first-order valence-electron chi connectivity index (χ1n) is 7.72. The number of carbonyl (C=O) groups excluding carboxylic acids is 2. The summed E-state index contributed by atoms with van der Waals surface area (Å²) in [6.07, 6.45) is 2.27. The summed E-state index contributed by atoms with van der Waals surface area (Å²) in [5, 5.41) is 3.15. The van der Waals surface area contributed by atoms with E-state index in [2.05, 4.69) is 12.2 Å². The molecule has 1 fully saturated rings. The van der Waals surface area contributed by atoms with Crippen LogP contribution >= 0.6 is 0 Å². The Morgan fingerprint density at radius 2 is 2.18 bits per heavy atom. The van der Waals surface area contributed by atoms with Crippen LogP contribution in [-0.4, -0.2) is 43.5 Å². The molecule has 1 aliphatic rings. The molecule has 1 amide bonds. The van der Waals surface area contributed by atoms with Crippen molar-refractivity contribution in [3.8, 4) is 0 Å². The molecule has 0 unspecified atom stereocenters. The van der Waals surface area contributed by atoms with Crippen LogP contribution in [0.3, 0.4) is 0 Å². The molecule has 120 valence electrons. The zero-order valence-corrected chi connectivity index (χ0v) is 13.5. The number of hydrogen-bond donors (Lipinski definition) is 1. The zero-order valence-electron chi connectivity index (χ0n) is 13.5. The van der Waals surface area contributed by atoms with Crippen molar-refractivity contribution in [2.75, 3.05) is 32.1 Å². The number of likely N-dealkylation sites (tertiary alicyclic amines) is 1. The topological polar surface area (TPSA) is 58.6 Å². The van der Waals surface area contributed by atoms with Crippen LogP contribution in [0.1, 0.15) is 35.7 Å². The molecular formula is C17H24N2O3. The number of hydrogen-bond acceptors (Lipinski definition) is 4. The summed E-state index contributed by atoms with van der Waals surface area (Å²) in [6, 6.07) is 5.30. The normalized spacial score (nSPS) is 18.0. The highest BCUT2D eigenvalue weighted by molar-refractivity contribution is 5.91. The van der Waals surface area contributed by atoms with Crippen molar-refractivity contribution in [2.45, 2.75) is 26.7 Å². The number of methoxy groups -OCH3 is 1. The predicted octanol–water partition coefficient (Wildman–Crippen LogP) is 2.45. The van der Waals surface area contributed by atoms with E-state index in [4.69, 9.17) is 4.74 Å². The fourth-order valence-corrected chi connectivity index (χ4v) is 2.76. The zero-order chi connectivity index (χ0) is 16.1. The maximum absolute atomic E-state index is 12.3. The summed E-state index contributed by atoms with van der Waals surface area (Å²) in [7, 11) is 1.36. The second kappa shape index (κ2) is 7.29. The largest absolute Gasteiger partial charge is 0.465 e. The summed E-state index contributed by atoms with van der Waals surface area (Å²) < 4.78 is 4.72. The van der Waals surface area contributed by atoms with E-state index >= 15 is 0 Å². The van der Waals surface area contributed by atoms with Crippen molar-refractivity contribution in [3.05, 3.63) is 29.3 Å². The molecule has 0 bridgehead atoms. The van der Waals surface area contributed by atoms with Gasteiger partial charge in [0.25, 0.3) is 0 Å². The number of piperidine rings is 1. The third kappa shape index (κ3) is 4.00. The lowest BCUT2D eigenvalue weighted by Gasteiger charge is -2.31. The van der Waals surface area contributed by atoms with Crippen molar-refractivity contribution >= 4 is 17.6 Å². The van der Waals surface area contributed by atoms with E-state index in [0.717, 1.165) is 30.8 Å². The molecule has 5 nitrogen and oxygen atoms in total. The van der Waals surface area contributed by atoms with Gasteiger partial charge in [0.15, 0.2) is 0 Å². The van der Waals surface area contributed by atoms with Gasteiger partial charge >= 0.3 is 5.97 Å². The lowest BCUT2D eigenvalue weighted by atomic mass is 10.0. The smallest absolute Gasteiger partial charge is 0.337 e. The van der Waals surface area contributed by atoms with Gasteiger partial charge in [-0.15, -0.1) is 0 Å². The number of amides is 1.